The van der Waals surface area contributed by atoms with E-state index in [1.54, 1.807) is 30.1 Å². The second kappa shape index (κ2) is 6.23. The number of hydrogen-bond acceptors (Lipinski definition) is 3. The van der Waals surface area contributed by atoms with Crippen molar-refractivity contribution in [2.24, 2.45) is 5.92 Å². The lowest BCUT2D eigenvalue weighted by Crippen LogP contribution is -2.42. The van der Waals surface area contributed by atoms with Gasteiger partial charge in [-0.05, 0) is 38.1 Å². The lowest BCUT2D eigenvalue weighted by atomic mass is 9.97. The van der Waals surface area contributed by atoms with Crippen LogP contribution < -0.4 is 15.4 Å². The minimum absolute atomic E-state index is 0.0812. The summed E-state index contributed by atoms with van der Waals surface area (Å²) in [6.45, 7) is 0.466. The number of hydrogen-bond donors (Lipinski definition) is 2. The fourth-order valence-electron chi connectivity index (χ4n) is 2.52. The number of halogens is 3. The van der Waals surface area contributed by atoms with E-state index < -0.39 is 23.1 Å². The van der Waals surface area contributed by atoms with Crippen molar-refractivity contribution in [2.75, 3.05) is 30.8 Å². The highest BCUT2D eigenvalue weighted by atomic mass is 32.2. The van der Waals surface area contributed by atoms with E-state index in [9.17, 15) is 17.4 Å². The van der Waals surface area contributed by atoms with Crippen molar-refractivity contribution >= 4 is 22.4 Å². The van der Waals surface area contributed by atoms with Crippen molar-refractivity contribution in [3.8, 4) is 0 Å². The maximum absolute atomic E-state index is 12.8. The normalized spacial score (nSPS) is 21.3. The minimum atomic E-state index is -4.18. The highest BCUT2D eigenvalue weighted by molar-refractivity contribution is 7.83. The number of nitrogens with one attached hydrogen (secondary N) is 1. The number of nitrogen functional groups attached to an aromatic ring is 1. The Morgan fingerprint density at radius 2 is 2.14 bits per heavy atom. The molecule has 0 radical (unpaired) electrons. The quantitative estimate of drug-likeness (QED) is 0.840. The highest BCUT2D eigenvalue weighted by Crippen LogP contribution is 2.36. The molecule has 2 unspecified atom stereocenters. The molecular formula is C13H18F3N3OS. The standard InChI is InChI=1S/C13H18F3N3OS/c1-18-21(20)10-4-5-12(11(17)7-10)19-6-2-3-9(8-19)13(14,15)16/h4-5,7,9,18H,2-3,6,8,17H2,1H3. The average molecular weight is 321 g/mol. The molecule has 1 aliphatic rings. The van der Waals surface area contributed by atoms with Crippen molar-refractivity contribution < 1.29 is 17.4 Å². The van der Waals surface area contributed by atoms with E-state index in [-0.39, 0.29) is 13.0 Å². The number of rotatable bonds is 3. The molecule has 1 aromatic rings. The molecule has 1 heterocycles. The van der Waals surface area contributed by atoms with E-state index >= 15 is 0 Å². The Labute approximate surface area is 124 Å². The first-order valence-corrected chi connectivity index (χ1v) is 7.78. The number of anilines is 2. The van der Waals surface area contributed by atoms with E-state index in [0.29, 0.717) is 29.2 Å². The molecule has 118 valence electrons. The third-order valence-corrected chi connectivity index (χ3v) is 4.68. The van der Waals surface area contributed by atoms with Crippen LogP contribution in [0.5, 0.6) is 0 Å². The van der Waals surface area contributed by atoms with Gasteiger partial charge in [-0.25, -0.2) is 8.93 Å². The molecule has 1 saturated heterocycles. The molecule has 2 atom stereocenters. The van der Waals surface area contributed by atoms with Gasteiger partial charge in [0.1, 0.15) is 11.0 Å². The molecule has 4 nitrogen and oxygen atoms in total. The van der Waals surface area contributed by atoms with Gasteiger partial charge in [0.15, 0.2) is 0 Å². The second-order valence-corrected chi connectivity index (χ2v) is 6.44. The van der Waals surface area contributed by atoms with Crippen molar-refractivity contribution in [3.05, 3.63) is 18.2 Å². The van der Waals surface area contributed by atoms with Gasteiger partial charge in [-0.2, -0.15) is 13.2 Å². The molecule has 1 fully saturated rings. The van der Waals surface area contributed by atoms with Crippen LogP contribution in [0.4, 0.5) is 24.5 Å². The summed E-state index contributed by atoms with van der Waals surface area (Å²) in [4.78, 5) is 2.16. The SMILES string of the molecule is CNS(=O)c1ccc(N2CCCC(C(F)(F)F)C2)c(N)c1. The van der Waals surface area contributed by atoms with Crippen LogP contribution >= 0.6 is 0 Å². The zero-order valence-corrected chi connectivity index (χ0v) is 12.4. The summed E-state index contributed by atoms with van der Waals surface area (Å²) in [5, 5.41) is 0. The van der Waals surface area contributed by atoms with Crippen LogP contribution in [0.1, 0.15) is 12.8 Å². The molecule has 21 heavy (non-hydrogen) atoms. The fourth-order valence-corrected chi connectivity index (χ4v) is 3.18. The summed E-state index contributed by atoms with van der Waals surface area (Å²) in [6.07, 6.45) is -3.55. The highest BCUT2D eigenvalue weighted by Gasteiger charge is 2.42. The molecule has 0 aliphatic carbocycles. The van der Waals surface area contributed by atoms with Gasteiger partial charge in [0, 0.05) is 13.1 Å². The Morgan fingerprint density at radius 3 is 2.71 bits per heavy atom. The van der Waals surface area contributed by atoms with Crippen molar-refractivity contribution in [3.63, 3.8) is 0 Å². The Balaban J connectivity index is 2.20. The van der Waals surface area contributed by atoms with Gasteiger partial charge in [0.2, 0.25) is 0 Å². The van der Waals surface area contributed by atoms with Gasteiger partial charge in [0.25, 0.3) is 0 Å². The Morgan fingerprint density at radius 1 is 1.43 bits per heavy atom. The topological polar surface area (TPSA) is 58.4 Å². The van der Waals surface area contributed by atoms with Crippen LogP contribution in [0.3, 0.4) is 0 Å². The summed E-state index contributed by atoms with van der Waals surface area (Å²) in [5.41, 5.74) is 6.83. The molecule has 0 bridgehead atoms. The van der Waals surface area contributed by atoms with Gasteiger partial charge < -0.3 is 10.6 Å². The first kappa shape index (κ1) is 16.1. The molecule has 0 amide bonds. The zero-order valence-electron chi connectivity index (χ0n) is 11.6. The van der Waals surface area contributed by atoms with E-state index in [1.165, 1.54) is 0 Å². The number of benzene rings is 1. The maximum atomic E-state index is 12.8. The number of alkyl halides is 3. The third kappa shape index (κ3) is 3.68. The minimum Gasteiger partial charge on any atom is -0.397 e. The summed E-state index contributed by atoms with van der Waals surface area (Å²) < 4.78 is 52.7. The van der Waals surface area contributed by atoms with Crippen LogP contribution in [-0.4, -0.2) is 30.5 Å². The van der Waals surface area contributed by atoms with Crippen LogP contribution in [0.25, 0.3) is 0 Å². The molecular weight excluding hydrogens is 303 g/mol. The maximum Gasteiger partial charge on any atom is 0.393 e. The van der Waals surface area contributed by atoms with Gasteiger partial charge in [-0.1, -0.05) is 0 Å². The van der Waals surface area contributed by atoms with Crippen molar-refractivity contribution in [1.82, 2.24) is 4.72 Å². The Kier molecular flexibility index (Phi) is 4.77. The first-order chi connectivity index (χ1) is 9.82. The largest absolute Gasteiger partial charge is 0.397 e. The molecule has 2 rings (SSSR count). The molecule has 3 N–H and O–H groups in total. The number of nitrogens with two attached hydrogens (primary N) is 1. The van der Waals surface area contributed by atoms with Crippen LogP contribution in [0, 0.1) is 5.92 Å². The van der Waals surface area contributed by atoms with Gasteiger partial charge in [-0.15, -0.1) is 0 Å². The molecule has 0 saturated carbocycles. The molecule has 1 aromatic carbocycles. The lowest BCUT2D eigenvalue weighted by Gasteiger charge is -2.35. The summed E-state index contributed by atoms with van der Waals surface area (Å²) in [6, 6.07) is 4.80. The van der Waals surface area contributed by atoms with Crippen molar-refractivity contribution in [1.29, 1.82) is 0 Å². The van der Waals surface area contributed by atoms with Crippen LogP contribution in [0.15, 0.2) is 23.1 Å². The smallest absolute Gasteiger partial charge is 0.393 e. The molecule has 1 aliphatic heterocycles. The predicted molar refractivity (Wildman–Crippen MR) is 77.3 cm³/mol. The Hall–Kier alpha value is -1.28. The summed E-state index contributed by atoms with van der Waals surface area (Å²) >= 11 is 0. The third-order valence-electron chi connectivity index (χ3n) is 3.62. The van der Waals surface area contributed by atoms with Crippen LogP contribution in [0.2, 0.25) is 0 Å². The van der Waals surface area contributed by atoms with Gasteiger partial charge in [0.05, 0.1) is 22.2 Å². The Bertz CT molecular complexity index is 536. The fraction of sp³-hybridized carbons (Fsp3) is 0.538. The number of piperidine rings is 1. The monoisotopic (exact) mass is 321 g/mol. The predicted octanol–water partition coefficient (Wildman–Crippen LogP) is 2.29. The van der Waals surface area contributed by atoms with E-state index in [2.05, 4.69) is 4.72 Å². The second-order valence-electron chi connectivity index (χ2n) is 5.02. The summed E-state index contributed by atoms with van der Waals surface area (Å²) in [5.74, 6) is -1.32. The molecule has 0 spiro atoms. The summed E-state index contributed by atoms with van der Waals surface area (Å²) in [7, 11) is 0.191. The van der Waals surface area contributed by atoms with E-state index in [0.717, 1.165) is 0 Å². The molecule has 8 heteroatoms. The van der Waals surface area contributed by atoms with E-state index in [4.69, 9.17) is 5.73 Å². The van der Waals surface area contributed by atoms with Gasteiger partial charge in [-0.3, -0.25) is 0 Å². The lowest BCUT2D eigenvalue weighted by molar-refractivity contribution is -0.175. The van der Waals surface area contributed by atoms with E-state index in [1.807, 2.05) is 0 Å². The molecule has 0 aromatic heterocycles. The van der Waals surface area contributed by atoms with Crippen LogP contribution in [-0.2, 0) is 11.0 Å². The van der Waals surface area contributed by atoms with Crippen molar-refractivity contribution in [2.45, 2.75) is 23.9 Å². The average Bonchev–Trinajstić information content (AvgIpc) is 2.45. The number of nitrogens with zero attached hydrogens (tertiary/aromatic N) is 1. The van der Waals surface area contributed by atoms with Gasteiger partial charge >= 0.3 is 6.18 Å². The zero-order chi connectivity index (χ0) is 15.6. The first-order valence-electron chi connectivity index (χ1n) is 6.63.